The molecule has 2 heterocycles. The molecule has 0 N–H and O–H groups in total. The average Bonchev–Trinajstić information content (AvgIpc) is 2.82. The van der Waals surface area contributed by atoms with Crippen molar-refractivity contribution in [3.05, 3.63) is 36.2 Å². The predicted molar refractivity (Wildman–Crippen MR) is 74.9 cm³/mol. The zero-order valence-electron chi connectivity index (χ0n) is 11.4. The van der Waals surface area contributed by atoms with E-state index in [1.54, 1.807) is 0 Å². The standard InChI is InChI=1S/C15H19N3/c1-15(2)10-17(3)14-7-11(5-6-13(14)15)12-8-16-18(4)9-12/h5-9H,10H2,1-4H3. The van der Waals surface area contributed by atoms with E-state index in [1.807, 2.05) is 17.9 Å². The maximum absolute atomic E-state index is 4.24. The molecule has 0 radical (unpaired) electrons. The lowest BCUT2D eigenvalue weighted by Gasteiger charge is -2.18. The van der Waals surface area contributed by atoms with Gasteiger partial charge in [0.25, 0.3) is 0 Å². The van der Waals surface area contributed by atoms with Crippen LogP contribution in [0.15, 0.2) is 30.6 Å². The van der Waals surface area contributed by atoms with Crippen molar-refractivity contribution in [3.63, 3.8) is 0 Å². The Bertz CT molecular complexity index is 596. The highest BCUT2D eigenvalue weighted by Gasteiger charge is 2.33. The monoisotopic (exact) mass is 241 g/mol. The Balaban J connectivity index is 2.10. The van der Waals surface area contributed by atoms with Gasteiger partial charge in [0.05, 0.1) is 6.20 Å². The lowest BCUT2D eigenvalue weighted by Crippen LogP contribution is -2.24. The number of hydrogen-bond donors (Lipinski definition) is 0. The van der Waals surface area contributed by atoms with Crippen molar-refractivity contribution in [2.45, 2.75) is 19.3 Å². The molecule has 3 nitrogen and oxygen atoms in total. The Morgan fingerprint density at radius 3 is 2.61 bits per heavy atom. The van der Waals surface area contributed by atoms with Gasteiger partial charge in [0, 0.05) is 43.5 Å². The molecule has 1 aliphatic heterocycles. The lowest BCUT2D eigenvalue weighted by molar-refractivity contribution is 0.563. The first-order valence-corrected chi connectivity index (χ1v) is 6.32. The second kappa shape index (κ2) is 3.61. The van der Waals surface area contributed by atoms with Gasteiger partial charge in [-0.3, -0.25) is 4.68 Å². The molecule has 0 amide bonds. The summed E-state index contributed by atoms with van der Waals surface area (Å²) >= 11 is 0. The second-order valence-corrected chi connectivity index (χ2v) is 5.87. The molecule has 0 unspecified atom stereocenters. The summed E-state index contributed by atoms with van der Waals surface area (Å²) in [6.07, 6.45) is 3.98. The number of benzene rings is 1. The van der Waals surface area contributed by atoms with Gasteiger partial charge in [0.1, 0.15) is 0 Å². The normalized spacial score (nSPS) is 17.0. The summed E-state index contributed by atoms with van der Waals surface area (Å²) in [4.78, 5) is 2.34. The number of nitrogens with zero attached hydrogens (tertiary/aromatic N) is 3. The highest BCUT2D eigenvalue weighted by molar-refractivity contribution is 5.72. The summed E-state index contributed by atoms with van der Waals surface area (Å²) in [6.45, 7) is 5.69. The molecule has 0 spiro atoms. The van der Waals surface area contributed by atoms with Crippen molar-refractivity contribution in [3.8, 4) is 11.1 Å². The minimum Gasteiger partial charge on any atom is -0.373 e. The van der Waals surface area contributed by atoms with Gasteiger partial charge in [-0.15, -0.1) is 0 Å². The number of anilines is 1. The van der Waals surface area contributed by atoms with Gasteiger partial charge in [-0.25, -0.2) is 0 Å². The third-order valence-corrected chi connectivity index (χ3v) is 3.81. The van der Waals surface area contributed by atoms with E-state index in [0.717, 1.165) is 6.54 Å². The van der Waals surface area contributed by atoms with Crippen LogP contribution in [0, 0.1) is 0 Å². The molecular weight excluding hydrogens is 222 g/mol. The minimum atomic E-state index is 0.248. The first-order valence-electron chi connectivity index (χ1n) is 6.32. The topological polar surface area (TPSA) is 21.1 Å². The summed E-state index contributed by atoms with van der Waals surface area (Å²) in [5.41, 5.74) is 5.46. The van der Waals surface area contributed by atoms with Gasteiger partial charge in [0.2, 0.25) is 0 Å². The zero-order chi connectivity index (χ0) is 12.9. The lowest BCUT2D eigenvalue weighted by atomic mass is 9.86. The van der Waals surface area contributed by atoms with E-state index in [4.69, 9.17) is 0 Å². The van der Waals surface area contributed by atoms with Gasteiger partial charge in [-0.2, -0.15) is 5.10 Å². The number of likely N-dealkylation sites (N-methyl/N-ethyl adjacent to an activating group) is 1. The molecular formula is C15H19N3. The Labute approximate surface area is 108 Å². The quantitative estimate of drug-likeness (QED) is 0.765. The second-order valence-electron chi connectivity index (χ2n) is 5.87. The Morgan fingerprint density at radius 2 is 1.94 bits per heavy atom. The van der Waals surface area contributed by atoms with Crippen LogP contribution >= 0.6 is 0 Å². The molecule has 0 fully saturated rings. The molecule has 2 aromatic rings. The van der Waals surface area contributed by atoms with Crippen molar-refractivity contribution < 1.29 is 0 Å². The SMILES string of the molecule is CN1CC(C)(C)c2ccc(-c3cnn(C)c3)cc21. The number of aryl methyl sites for hydroxylation is 1. The summed E-state index contributed by atoms with van der Waals surface area (Å²) in [5, 5.41) is 4.24. The molecule has 0 aliphatic carbocycles. The molecule has 18 heavy (non-hydrogen) atoms. The van der Waals surface area contributed by atoms with Crippen LogP contribution in [0.25, 0.3) is 11.1 Å². The molecule has 1 aromatic carbocycles. The van der Waals surface area contributed by atoms with Crippen LogP contribution in [0.3, 0.4) is 0 Å². The minimum absolute atomic E-state index is 0.248. The van der Waals surface area contributed by atoms with Gasteiger partial charge in [0.15, 0.2) is 0 Å². The third kappa shape index (κ3) is 1.62. The van der Waals surface area contributed by atoms with Crippen molar-refractivity contribution in [1.29, 1.82) is 0 Å². The molecule has 0 saturated heterocycles. The van der Waals surface area contributed by atoms with E-state index in [9.17, 15) is 0 Å². The summed E-state index contributed by atoms with van der Waals surface area (Å²) in [5.74, 6) is 0. The smallest absolute Gasteiger partial charge is 0.0568 e. The van der Waals surface area contributed by atoms with Crippen molar-refractivity contribution in [2.24, 2.45) is 7.05 Å². The van der Waals surface area contributed by atoms with Crippen LogP contribution in [-0.4, -0.2) is 23.4 Å². The Morgan fingerprint density at radius 1 is 1.17 bits per heavy atom. The molecule has 3 heteroatoms. The Kier molecular flexibility index (Phi) is 2.27. The van der Waals surface area contributed by atoms with Crippen LogP contribution < -0.4 is 4.90 Å². The molecule has 94 valence electrons. The molecule has 1 aliphatic rings. The van der Waals surface area contributed by atoms with Gasteiger partial charge in [-0.05, 0) is 17.2 Å². The molecule has 0 atom stereocenters. The molecule has 1 aromatic heterocycles. The summed E-state index contributed by atoms with van der Waals surface area (Å²) in [6, 6.07) is 6.75. The first kappa shape index (κ1) is 11.3. The van der Waals surface area contributed by atoms with Gasteiger partial charge >= 0.3 is 0 Å². The van der Waals surface area contributed by atoms with Gasteiger partial charge in [-0.1, -0.05) is 26.0 Å². The van der Waals surface area contributed by atoms with E-state index >= 15 is 0 Å². The van der Waals surface area contributed by atoms with Crippen molar-refractivity contribution in [2.75, 3.05) is 18.5 Å². The maximum Gasteiger partial charge on any atom is 0.0568 e. The molecule has 3 rings (SSSR count). The van der Waals surface area contributed by atoms with Crippen LogP contribution in [0.1, 0.15) is 19.4 Å². The zero-order valence-corrected chi connectivity index (χ0v) is 11.4. The van der Waals surface area contributed by atoms with Crippen LogP contribution in [0.2, 0.25) is 0 Å². The van der Waals surface area contributed by atoms with E-state index < -0.39 is 0 Å². The highest BCUT2D eigenvalue weighted by Crippen LogP contribution is 2.41. The third-order valence-electron chi connectivity index (χ3n) is 3.81. The fourth-order valence-corrected chi connectivity index (χ4v) is 2.93. The number of rotatable bonds is 1. The van der Waals surface area contributed by atoms with Crippen LogP contribution in [0.4, 0.5) is 5.69 Å². The maximum atomic E-state index is 4.24. The number of aromatic nitrogens is 2. The number of fused-ring (bicyclic) bond motifs is 1. The first-order chi connectivity index (χ1) is 8.47. The van der Waals surface area contributed by atoms with Gasteiger partial charge < -0.3 is 4.90 Å². The van der Waals surface area contributed by atoms with E-state index in [-0.39, 0.29) is 5.41 Å². The highest BCUT2D eigenvalue weighted by atomic mass is 15.2. The van der Waals surface area contributed by atoms with E-state index in [2.05, 4.69) is 55.3 Å². The van der Waals surface area contributed by atoms with Crippen LogP contribution in [0.5, 0.6) is 0 Å². The molecule has 0 saturated carbocycles. The molecule has 0 bridgehead atoms. The largest absolute Gasteiger partial charge is 0.373 e. The number of hydrogen-bond acceptors (Lipinski definition) is 2. The Hall–Kier alpha value is -1.77. The van der Waals surface area contributed by atoms with E-state index in [1.165, 1.54) is 22.4 Å². The van der Waals surface area contributed by atoms with Crippen LogP contribution in [-0.2, 0) is 12.5 Å². The van der Waals surface area contributed by atoms with E-state index in [0.29, 0.717) is 0 Å². The fraction of sp³-hybridized carbons (Fsp3) is 0.400. The predicted octanol–water partition coefficient (Wildman–Crippen LogP) is 2.81. The fourth-order valence-electron chi connectivity index (χ4n) is 2.93. The summed E-state index contributed by atoms with van der Waals surface area (Å²) in [7, 11) is 4.12. The average molecular weight is 241 g/mol. The van der Waals surface area contributed by atoms with Crippen molar-refractivity contribution in [1.82, 2.24) is 9.78 Å². The summed E-state index contributed by atoms with van der Waals surface area (Å²) < 4.78 is 1.84. The van der Waals surface area contributed by atoms with Crippen molar-refractivity contribution >= 4 is 5.69 Å².